The van der Waals surface area contributed by atoms with Gasteiger partial charge in [0, 0.05) is 22.8 Å². The normalized spacial score (nSPS) is 10.9. The second kappa shape index (κ2) is 10.8. The lowest BCUT2D eigenvalue weighted by Gasteiger charge is -2.25. The molecule has 5 aromatic rings. The monoisotopic (exact) mass is 463 g/mol. The van der Waals surface area contributed by atoms with Gasteiger partial charge in [0.25, 0.3) is 0 Å². The molecule has 1 nitrogen and oxygen atoms in total. The van der Waals surface area contributed by atoms with Crippen LogP contribution in [0, 0.1) is 6.92 Å². The van der Waals surface area contributed by atoms with Gasteiger partial charge in [0.15, 0.2) is 0 Å². The second-order valence-electron chi connectivity index (χ2n) is 8.79. The molecule has 0 aliphatic carbocycles. The van der Waals surface area contributed by atoms with E-state index in [-0.39, 0.29) is 0 Å². The Balaban J connectivity index is 1.78. The van der Waals surface area contributed by atoms with Gasteiger partial charge in [0.05, 0.1) is 5.69 Å². The molecule has 0 bridgehead atoms. The fourth-order valence-electron chi connectivity index (χ4n) is 4.50. The van der Waals surface area contributed by atoms with Crippen molar-refractivity contribution in [2.45, 2.75) is 6.92 Å². The topological polar surface area (TPSA) is 3.24 Å². The summed E-state index contributed by atoms with van der Waals surface area (Å²) in [5.74, 6) is 0. The van der Waals surface area contributed by atoms with Crippen LogP contribution in [0.3, 0.4) is 0 Å². The van der Waals surface area contributed by atoms with E-state index < -0.39 is 0 Å². The van der Waals surface area contributed by atoms with Crippen molar-refractivity contribution in [1.29, 1.82) is 0 Å². The number of benzene rings is 5. The Kier molecular flexibility index (Phi) is 6.91. The third-order valence-corrected chi connectivity index (χ3v) is 6.35. The van der Waals surface area contributed by atoms with Gasteiger partial charge in [0.1, 0.15) is 0 Å². The zero-order valence-corrected chi connectivity index (χ0v) is 20.5. The molecule has 0 aliphatic heterocycles. The van der Waals surface area contributed by atoms with Crippen LogP contribution in [0.1, 0.15) is 22.3 Å². The van der Waals surface area contributed by atoms with E-state index in [9.17, 15) is 0 Å². The van der Waals surface area contributed by atoms with Crippen molar-refractivity contribution in [3.63, 3.8) is 0 Å². The van der Waals surface area contributed by atoms with Crippen LogP contribution < -0.4 is 4.90 Å². The number of fused-ring (bicyclic) bond motifs is 1. The molecule has 0 amide bonds. The predicted octanol–water partition coefficient (Wildman–Crippen LogP) is 9.57. The summed E-state index contributed by atoms with van der Waals surface area (Å²) in [5.41, 5.74) is 8.18. The summed E-state index contributed by atoms with van der Waals surface area (Å²) in [6, 6.07) is 42.9. The molecule has 0 radical (unpaired) electrons. The molecular weight excluding hydrogens is 434 g/mol. The molecule has 0 saturated heterocycles. The number of hydrogen-bond acceptors (Lipinski definition) is 1. The third kappa shape index (κ3) is 4.92. The summed E-state index contributed by atoms with van der Waals surface area (Å²) in [4.78, 5) is 2.32. The minimum Gasteiger partial charge on any atom is -0.316 e. The maximum Gasteiger partial charge on any atom is 0.0534 e. The molecule has 0 unspecified atom stereocenters. The van der Waals surface area contributed by atoms with Crippen molar-refractivity contribution in [2.24, 2.45) is 0 Å². The predicted molar refractivity (Wildman–Crippen MR) is 156 cm³/mol. The number of anilines is 2. The zero-order chi connectivity index (χ0) is 24.7. The highest BCUT2D eigenvalue weighted by Gasteiger charge is 2.15. The van der Waals surface area contributed by atoms with Gasteiger partial charge >= 0.3 is 0 Å². The summed E-state index contributed by atoms with van der Waals surface area (Å²) in [7, 11) is 0. The van der Waals surface area contributed by atoms with Crippen LogP contribution in [0.5, 0.6) is 0 Å². The lowest BCUT2D eigenvalue weighted by atomic mass is 9.97. The Labute approximate surface area is 214 Å². The number of allylic oxidation sites excluding steroid dienone is 2. The van der Waals surface area contributed by atoms with E-state index in [2.05, 4.69) is 152 Å². The maximum atomic E-state index is 3.84. The highest BCUT2D eigenvalue weighted by Crippen LogP contribution is 2.37. The Bertz CT molecular complexity index is 1480. The molecule has 0 atom stereocenters. The van der Waals surface area contributed by atoms with Gasteiger partial charge in [0.2, 0.25) is 0 Å². The van der Waals surface area contributed by atoms with Crippen molar-refractivity contribution in [1.82, 2.24) is 0 Å². The molecule has 0 aliphatic rings. The molecule has 0 saturated carbocycles. The van der Waals surface area contributed by atoms with Crippen LogP contribution in [0.4, 0.5) is 11.4 Å². The van der Waals surface area contributed by atoms with E-state index in [1.54, 1.807) is 0 Å². The van der Waals surface area contributed by atoms with Crippen molar-refractivity contribution in [2.75, 3.05) is 4.90 Å². The van der Waals surface area contributed by atoms with Gasteiger partial charge in [-0.2, -0.15) is 0 Å². The number of hydrogen-bond donors (Lipinski definition) is 0. The molecule has 0 fully saturated rings. The third-order valence-electron chi connectivity index (χ3n) is 6.35. The van der Waals surface area contributed by atoms with Crippen molar-refractivity contribution >= 4 is 33.8 Å². The first kappa shape index (κ1) is 23.1. The number of aryl methyl sites for hydroxylation is 1. The van der Waals surface area contributed by atoms with Gasteiger partial charge in [-0.25, -0.2) is 0 Å². The smallest absolute Gasteiger partial charge is 0.0534 e. The van der Waals surface area contributed by atoms with Crippen molar-refractivity contribution in [3.8, 4) is 0 Å². The Morgan fingerprint density at radius 2 is 1.22 bits per heavy atom. The summed E-state index contributed by atoms with van der Waals surface area (Å²) in [6.07, 6.45) is 8.19. The lowest BCUT2D eigenvalue weighted by Crippen LogP contribution is -2.11. The summed E-state index contributed by atoms with van der Waals surface area (Å²) in [6.45, 7) is 5.96. The van der Waals surface area contributed by atoms with Crippen LogP contribution >= 0.6 is 0 Å². The minimum atomic E-state index is 1.12. The Morgan fingerprint density at radius 1 is 0.639 bits per heavy atom. The van der Waals surface area contributed by atoms with E-state index in [0.29, 0.717) is 0 Å². The maximum absolute atomic E-state index is 3.84. The zero-order valence-electron chi connectivity index (χ0n) is 20.5. The van der Waals surface area contributed by atoms with E-state index in [1.165, 1.54) is 33.0 Å². The van der Waals surface area contributed by atoms with Gasteiger partial charge in [-0.1, -0.05) is 133 Å². The Hall–Kier alpha value is -4.62. The fourth-order valence-corrected chi connectivity index (χ4v) is 4.50. The standard InChI is InChI=1S/C35H29N/c1-3-4-13-30-22-25-35(33-19-12-11-18-32(30)33)36(31-23-20-27(2)21-24-31)26-34(28-14-7-5-8-15-28)29-16-9-6-10-17-29/h3-26H,1H2,2H3/b13-4+. The molecule has 0 heterocycles. The van der Waals surface area contributed by atoms with E-state index >= 15 is 0 Å². The molecule has 174 valence electrons. The first-order valence-corrected chi connectivity index (χ1v) is 12.2. The first-order chi connectivity index (χ1) is 17.7. The van der Waals surface area contributed by atoms with Crippen molar-refractivity contribution in [3.05, 3.63) is 169 Å². The fraction of sp³-hybridized carbons (Fsp3) is 0.0286. The van der Waals surface area contributed by atoms with Crippen LogP contribution in [0.15, 0.2) is 146 Å². The average molecular weight is 464 g/mol. The molecule has 0 spiro atoms. The van der Waals surface area contributed by atoms with Gasteiger partial charge in [-0.3, -0.25) is 0 Å². The van der Waals surface area contributed by atoms with E-state index in [1.807, 2.05) is 12.2 Å². The first-order valence-electron chi connectivity index (χ1n) is 12.2. The van der Waals surface area contributed by atoms with E-state index in [0.717, 1.165) is 16.9 Å². The minimum absolute atomic E-state index is 1.12. The van der Waals surface area contributed by atoms with Gasteiger partial charge < -0.3 is 4.90 Å². The highest BCUT2D eigenvalue weighted by molar-refractivity contribution is 6.02. The largest absolute Gasteiger partial charge is 0.316 e. The summed E-state index contributed by atoms with van der Waals surface area (Å²) >= 11 is 0. The summed E-state index contributed by atoms with van der Waals surface area (Å²) < 4.78 is 0. The molecule has 1 heteroatoms. The molecule has 5 rings (SSSR count). The highest BCUT2D eigenvalue weighted by atomic mass is 15.1. The molecule has 0 N–H and O–H groups in total. The number of rotatable bonds is 7. The van der Waals surface area contributed by atoms with Gasteiger partial charge in [-0.05, 0) is 47.2 Å². The molecule has 36 heavy (non-hydrogen) atoms. The lowest BCUT2D eigenvalue weighted by molar-refractivity contribution is 1.28. The molecular formula is C35H29N. The second-order valence-corrected chi connectivity index (χ2v) is 8.79. The SMILES string of the molecule is C=C/C=C/c1ccc(N(C=C(c2ccccc2)c2ccccc2)c2ccc(C)cc2)c2ccccc12. The average Bonchev–Trinajstić information content (AvgIpc) is 2.94. The van der Waals surface area contributed by atoms with Crippen LogP contribution in [0.2, 0.25) is 0 Å². The Morgan fingerprint density at radius 3 is 1.83 bits per heavy atom. The summed E-state index contributed by atoms with van der Waals surface area (Å²) in [5, 5.41) is 2.40. The molecule has 5 aromatic carbocycles. The van der Waals surface area contributed by atoms with E-state index in [4.69, 9.17) is 0 Å². The van der Waals surface area contributed by atoms with Crippen LogP contribution in [-0.4, -0.2) is 0 Å². The number of nitrogens with zero attached hydrogens (tertiary/aromatic N) is 1. The molecule has 0 aromatic heterocycles. The van der Waals surface area contributed by atoms with Gasteiger partial charge in [-0.15, -0.1) is 0 Å². The van der Waals surface area contributed by atoms with Crippen molar-refractivity contribution < 1.29 is 0 Å². The van der Waals surface area contributed by atoms with Crippen LogP contribution in [-0.2, 0) is 0 Å². The quantitative estimate of drug-likeness (QED) is 0.217. The van der Waals surface area contributed by atoms with Crippen LogP contribution in [0.25, 0.3) is 22.4 Å².